The Hall–Kier alpha value is -2.35. The van der Waals surface area contributed by atoms with Crippen molar-refractivity contribution < 1.29 is 9.59 Å². The fourth-order valence-corrected chi connectivity index (χ4v) is 2.52. The van der Waals surface area contributed by atoms with Gasteiger partial charge in [-0.25, -0.2) is 0 Å². The molecule has 2 rings (SSSR count). The molecule has 0 aliphatic carbocycles. The van der Waals surface area contributed by atoms with Crippen LogP contribution in [-0.4, -0.2) is 29.8 Å². The summed E-state index contributed by atoms with van der Waals surface area (Å²) in [7, 11) is 0. The van der Waals surface area contributed by atoms with Gasteiger partial charge in [-0.3, -0.25) is 9.59 Å². The Morgan fingerprint density at radius 2 is 2.10 bits per heavy atom. The van der Waals surface area contributed by atoms with Crippen molar-refractivity contribution in [1.29, 1.82) is 5.26 Å². The summed E-state index contributed by atoms with van der Waals surface area (Å²) in [5.41, 5.74) is 1.65. The van der Waals surface area contributed by atoms with Gasteiger partial charge in [0.25, 0.3) is 0 Å². The Morgan fingerprint density at radius 3 is 2.71 bits per heavy atom. The van der Waals surface area contributed by atoms with E-state index in [1.807, 2.05) is 12.1 Å². The minimum atomic E-state index is -0.151. The van der Waals surface area contributed by atoms with Gasteiger partial charge in [-0.2, -0.15) is 5.26 Å². The summed E-state index contributed by atoms with van der Waals surface area (Å²) in [5, 5.41) is 11.5. The summed E-state index contributed by atoms with van der Waals surface area (Å²) in [6.07, 6.45) is 2.03. The monoisotopic (exact) mass is 285 g/mol. The highest BCUT2D eigenvalue weighted by molar-refractivity contribution is 5.93. The van der Waals surface area contributed by atoms with Crippen molar-refractivity contribution in [1.82, 2.24) is 4.90 Å². The molecule has 0 aromatic heterocycles. The third-order valence-corrected chi connectivity index (χ3v) is 3.74. The number of nitrogens with one attached hydrogen (secondary N) is 1. The van der Waals surface area contributed by atoms with E-state index in [4.69, 9.17) is 5.26 Å². The number of nitrogens with zero attached hydrogens (tertiary/aromatic N) is 2. The molecule has 5 nitrogen and oxygen atoms in total. The number of rotatable bonds is 3. The van der Waals surface area contributed by atoms with Gasteiger partial charge in [0.05, 0.1) is 18.4 Å². The average Bonchev–Trinajstić information content (AvgIpc) is 2.49. The van der Waals surface area contributed by atoms with Crippen LogP contribution in [0.1, 0.15) is 25.3 Å². The number of carbonyl (C=O) groups excluding carboxylic acids is 2. The summed E-state index contributed by atoms with van der Waals surface area (Å²) in [4.78, 5) is 25.4. The normalized spacial score (nSPS) is 17.9. The van der Waals surface area contributed by atoms with Crippen LogP contribution in [0.5, 0.6) is 0 Å². The van der Waals surface area contributed by atoms with E-state index in [0.29, 0.717) is 13.0 Å². The first kappa shape index (κ1) is 15.0. The number of likely N-dealkylation sites (tertiary alicyclic amines) is 1. The van der Waals surface area contributed by atoms with E-state index >= 15 is 0 Å². The summed E-state index contributed by atoms with van der Waals surface area (Å²) in [5.74, 6) is -0.177. The Balaban J connectivity index is 1.94. The molecule has 2 amide bonds. The first-order valence-electron chi connectivity index (χ1n) is 7.12. The van der Waals surface area contributed by atoms with Crippen molar-refractivity contribution >= 4 is 17.5 Å². The van der Waals surface area contributed by atoms with E-state index in [0.717, 1.165) is 30.6 Å². The van der Waals surface area contributed by atoms with Crippen LogP contribution < -0.4 is 5.32 Å². The lowest BCUT2D eigenvalue weighted by atomic mass is 9.97. The van der Waals surface area contributed by atoms with Crippen LogP contribution in [0, 0.1) is 17.2 Å². The van der Waals surface area contributed by atoms with Gasteiger partial charge in [0, 0.05) is 25.7 Å². The third-order valence-electron chi connectivity index (χ3n) is 3.74. The molecular weight excluding hydrogens is 266 g/mol. The van der Waals surface area contributed by atoms with E-state index in [1.54, 1.807) is 17.0 Å². The van der Waals surface area contributed by atoms with Gasteiger partial charge in [-0.1, -0.05) is 12.1 Å². The maximum atomic E-state index is 12.2. The van der Waals surface area contributed by atoms with Crippen LogP contribution in [0.25, 0.3) is 0 Å². The van der Waals surface area contributed by atoms with Crippen molar-refractivity contribution in [2.24, 2.45) is 5.92 Å². The lowest BCUT2D eigenvalue weighted by Crippen LogP contribution is -2.42. The molecular formula is C16H19N3O2. The summed E-state index contributed by atoms with van der Waals surface area (Å²) in [6.45, 7) is 2.77. The van der Waals surface area contributed by atoms with Crippen molar-refractivity contribution in [2.45, 2.75) is 26.2 Å². The Bertz CT molecular complexity index is 560. The van der Waals surface area contributed by atoms with E-state index < -0.39 is 0 Å². The van der Waals surface area contributed by atoms with E-state index in [-0.39, 0.29) is 17.7 Å². The predicted octanol–water partition coefficient (Wildman–Crippen LogP) is 1.95. The Kier molecular flexibility index (Phi) is 4.94. The van der Waals surface area contributed by atoms with Gasteiger partial charge in [0.15, 0.2) is 0 Å². The number of hydrogen-bond donors (Lipinski definition) is 1. The zero-order chi connectivity index (χ0) is 15.2. The number of carbonyl (C=O) groups is 2. The number of amides is 2. The van der Waals surface area contributed by atoms with E-state index in [1.165, 1.54) is 6.92 Å². The first-order valence-corrected chi connectivity index (χ1v) is 7.12. The van der Waals surface area contributed by atoms with Gasteiger partial charge < -0.3 is 10.2 Å². The fraction of sp³-hybridized carbons (Fsp3) is 0.438. The molecule has 1 saturated heterocycles. The highest BCUT2D eigenvalue weighted by atomic mass is 16.2. The Morgan fingerprint density at radius 1 is 1.38 bits per heavy atom. The van der Waals surface area contributed by atoms with Crippen molar-refractivity contribution in [3.8, 4) is 6.07 Å². The van der Waals surface area contributed by atoms with E-state index in [2.05, 4.69) is 11.4 Å². The molecule has 1 aliphatic heterocycles. The zero-order valence-corrected chi connectivity index (χ0v) is 12.1. The van der Waals surface area contributed by atoms with Crippen molar-refractivity contribution in [3.05, 3.63) is 29.8 Å². The topological polar surface area (TPSA) is 73.2 Å². The minimum absolute atomic E-state index is 0.0216. The molecule has 0 spiro atoms. The SMILES string of the molecule is CC(=O)N1CCC[C@H](C(=O)Nc2ccc(CC#N)cc2)C1. The molecule has 1 heterocycles. The number of benzene rings is 1. The molecule has 110 valence electrons. The summed E-state index contributed by atoms with van der Waals surface area (Å²) in [6, 6.07) is 9.36. The Labute approximate surface area is 124 Å². The second-order valence-electron chi connectivity index (χ2n) is 5.33. The number of anilines is 1. The largest absolute Gasteiger partial charge is 0.342 e. The van der Waals surface area contributed by atoms with Crippen molar-refractivity contribution in [2.75, 3.05) is 18.4 Å². The molecule has 5 heteroatoms. The third kappa shape index (κ3) is 4.06. The second-order valence-corrected chi connectivity index (χ2v) is 5.33. The van der Waals surface area contributed by atoms with Gasteiger partial charge in [-0.15, -0.1) is 0 Å². The predicted molar refractivity (Wildman–Crippen MR) is 79.4 cm³/mol. The molecule has 1 aliphatic rings. The van der Waals surface area contributed by atoms with Crippen LogP contribution in [0.15, 0.2) is 24.3 Å². The van der Waals surface area contributed by atoms with E-state index in [9.17, 15) is 9.59 Å². The molecule has 0 saturated carbocycles. The van der Waals surface area contributed by atoms with Crippen LogP contribution in [0.3, 0.4) is 0 Å². The fourth-order valence-electron chi connectivity index (χ4n) is 2.52. The van der Waals surface area contributed by atoms with Crippen LogP contribution in [0.2, 0.25) is 0 Å². The molecule has 0 bridgehead atoms. The van der Waals surface area contributed by atoms with Crippen LogP contribution in [-0.2, 0) is 16.0 Å². The summed E-state index contributed by atoms with van der Waals surface area (Å²) < 4.78 is 0. The van der Waals surface area contributed by atoms with Crippen molar-refractivity contribution in [3.63, 3.8) is 0 Å². The molecule has 0 radical (unpaired) electrons. The van der Waals surface area contributed by atoms with Crippen LogP contribution >= 0.6 is 0 Å². The van der Waals surface area contributed by atoms with Gasteiger partial charge in [-0.05, 0) is 30.5 Å². The van der Waals surface area contributed by atoms with Gasteiger partial charge in [0.2, 0.25) is 11.8 Å². The highest BCUT2D eigenvalue weighted by Gasteiger charge is 2.26. The molecule has 1 atom stereocenters. The molecule has 1 aromatic carbocycles. The number of nitriles is 1. The maximum absolute atomic E-state index is 12.2. The minimum Gasteiger partial charge on any atom is -0.342 e. The molecule has 0 unspecified atom stereocenters. The van der Waals surface area contributed by atoms with Crippen LogP contribution in [0.4, 0.5) is 5.69 Å². The zero-order valence-electron chi connectivity index (χ0n) is 12.1. The smallest absolute Gasteiger partial charge is 0.229 e. The van der Waals surface area contributed by atoms with Gasteiger partial charge >= 0.3 is 0 Å². The first-order chi connectivity index (χ1) is 10.1. The lowest BCUT2D eigenvalue weighted by molar-refractivity contribution is -0.132. The second kappa shape index (κ2) is 6.89. The average molecular weight is 285 g/mol. The molecule has 21 heavy (non-hydrogen) atoms. The number of piperidine rings is 1. The number of hydrogen-bond acceptors (Lipinski definition) is 3. The lowest BCUT2D eigenvalue weighted by Gasteiger charge is -2.31. The quantitative estimate of drug-likeness (QED) is 0.922. The molecule has 1 N–H and O–H groups in total. The molecule has 1 fully saturated rings. The highest BCUT2D eigenvalue weighted by Crippen LogP contribution is 2.19. The maximum Gasteiger partial charge on any atom is 0.229 e. The molecule has 1 aromatic rings. The summed E-state index contributed by atoms with van der Waals surface area (Å²) >= 11 is 0. The standard InChI is InChI=1S/C16H19N3O2/c1-12(20)19-10-2-3-14(11-19)16(21)18-15-6-4-13(5-7-15)8-9-17/h4-7,14H,2-3,8,10-11H2,1H3,(H,18,21)/t14-/m0/s1. The van der Waals surface area contributed by atoms with Gasteiger partial charge in [0.1, 0.15) is 0 Å².